The summed E-state index contributed by atoms with van der Waals surface area (Å²) in [6.07, 6.45) is 1.61. The van der Waals surface area contributed by atoms with Crippen LogP contribution in [0.3, 0.4) is 0 Å². The van der Waals surface area contributed by atoms with Crippen molar-refractivity contribution in [2.45, 2.75) is 13.1 Å². The third-order valence-corrected chi connectivity index (χ3v) is 2.21. The van der Waals surface area contributed by atoms with Gasteiger partial charge in [-0.05, 0) is 6.07 Å². The monoisotopic (exact) mass is 237 g/mol. The van der Waals surface area contributed by atoms with E-state index in [0.717, 1.165) is 5.82 Å². The van der Waals surface area contributed by atoms with Gasteiger partial charge in [0.05, 0.1) is 19.2 Å². The number of aromatic nitrogens is 3. The van der Waals surface area contributed by atoms with E-state index in [1.807, 2.05) is 7.05 Å². The first-order valence-electron chi connectivity index (χ1n) is 4.93. The second kappa shape index (κ2) is 4.74. The van der Waals surface area contributed by atoms with Crippen LogP contribution >= 0.6 is 0 Å². The zero-order valence-electron chi connectivity index (χ0n) is 9.16. The van der Waals surface area contributed by atoms with E-state index in [4.69, 9.17) is 4.42 Å². The molecule has 0 bridgehead atoms. The molecule has 0 radical (unpaired) electrons. The van der Waals surface area contributed by atoms with Gasteiger partial charge in [-0.1, -0.05) is 0 Å². The highest BCUT2D eigenvalue weighted by Gasteiger charge is 2.11. The van der Waals surface area contributed by atoms with Gasteiger partial charge in [0.2, 0.25) is 0 Å². The minimum Gasteiger partial charge on any atom is -0.404 e. The molecular weight excluding hydrogens is 226 g/mol. The summed E-state index contributed by atoms with van der Waals surface area (Å²) in [5, 5.41) is 21.1. The van der Waals surface area contributed by atoms with Crippen LogP contribution in [0, 0.1) is 10.1 Å². The van der Waals surface area contributed by atoms with E-state index in [2.05, 4.69) is 15.5 Å². The molecule has 0 saturated heterocycles. The highest BCUT2D eigenvalue weighted by Crippen LogP contribution is 2.15. The average molecular weight is 237 g/mol. The van der Waals surface area contributed by atoms with Gasteiger partial charge in [0.25, 0.3) is 0 Å². The Morgan fingerprint density at radius 3 is 2.94 bits per heavy atom. The number of furan rings is 1. The van der Waals surface area contributed by atoms with Crippen LogP contribution in [0.2, 0.25) is 0 Å². The van der Waals surface area contributed by atoms with Crippen molar-refractivity contribution in [2.75, 3.05) is 0 Å². The number of aryl methyl sites for hydroxylation is 1. The van der Waals surface area contributed by atoms with Crippen molar-refractivity contribution in [3.8, 4) is 0 Å². The summed E-state index contributed by atoms with van der Waals surface area (Å²) in [6.45, 7) is 0.922. The molecule has 0 aliphatic carbocycles. The van der Waals surface area contributed by atoms with E-state index >= 15 is 0 Å². The summed E-state index contributed by atoms with van der Waals surface area (Å²) in [4.78, 5) is 9.83. The number of hydrogen-bond donors (Lipinski definition) is 1. The van der Waals surface area contributed by atoms with Gasteiger partial charge in [-0.15, -0.1) is 10.2 Å². The Morgan fingerprint density at radius 2 is 2.35 bits per heavy atom. The van der Waals surface area contributed by atoms with Crippen molar-refractivity contribution in [1.29, 1.82) is 0 Å². The fourth-order valence-corrected chi connectivity index (χ4v) is 1.32. The quantitative estimate of drug-likeness (QED) is 0.604. The summed E-state index contributed by atoms with van der Waals surface area (Å²) in [6, 6.07) is 2.90. The Kier molecular flexibility index (Phi) is 3.15. The standard InChI is InChI=1S/C9H11N5O3/c1-13-6-11-12-8(13)5-10-4-7-2-3-9(17-7)14(15)16/h2-3,6,10H,4-5H2,1H3. The maximum atomic E-state index is 10.4. The van der Waals surface area contributed by atoms with Gasteiger partial charge in [-0.2, -0.15) is 0 Å². The molecule has 2 rings (SSSR count). The van der Waals surface area contributed by atoms with E-state index in [-0.39, 0.29) is 5.88 Å². The number of nitrogens with one attached hydrogen (secondary N) is 1. The van der Waals surface area contributed by atoms with Crippen LogP contribution in [0.25, 0.3) is 0 Å². The van der Waals surface area contributed by atoms with Gasteiger partial charge in [0, 0.05) is 7.05 Å². The maximum absolute atomic E-state index is 10.4. The van der Waals surface area contributed by atoms with Crippen LogP contribution in [-0.4, -0.2) is 19.7 Å². The topological polar surface area (TPSA) is 99.0 Å². The molecule has 0 aromatic carbocycles. The van der Waals surface area contributed by atoms with Crippen LogP contribution in [0.1, 0.15) is 11.6 Å². The molecule has 17 heavy (non-hydrogen) atoms. The van der Waals surface area contributed by atoms with E-state index < -0.39 is 4.92 Å². The van der Waals surface area contributed by atoms with Crippen LogP contribution < -0.4 is 5.32 Å². The second-order valence-corrected chi connectivity index (χ2v) is 3.46. The predicted octanol–water partition coefficient (Wildman–Crippen LogP) is 0.606. The number of rotatable bonds is 5. The molecule has 0 atom stereocenters. The van der Waals surface area contributed by atoms with Gasteiger partial charge < -0.3 is 14.3 Å². The summed E-state index contributed by atoms with van der Waals surface area (Å²) >= 11 is 0. The molecule has 2 aromatic heterocycles. The van der Waals surface area contributed by atoms with E-state index in [1.54, 1.807) is 17.0 Å². The third-order valence-electron chi connectivity index (χ3n) is 2.21. The smallest absolute Gasteiger partial charge is 0.404 e. The molecule has 0 fully saturated rings. The molecule has 0 aliphatic heterocycles. The van der Waals surface area contributed by atoms with Gasteiger partial charge in [-0.25, -0.2) is 0 Å². The fraction of sp³-hybridized carbons (Fsp3) is 0.333. The molecule has 8 heteroatoms. The number of hydrogen-bond acceptors (Lipinski definition) is 6. The molecule has 0 amide bonds. The van der Waals surface area contributed by atoms with Crippen molar-refractivity contribution in [2.24, 2.45) is 7.05 Å². The molecule has 1 N–H and O–H groups in total. The number of nitro groups is 1. The molecule has 0 unspecified atom stereocenters. The van der Waals surface area contributed by atoms with Crippen molar-refractivity contribution < 1.29 is 9.34 Å². The first-order chi connectivity index (χ1) is 8.16. The largest absolute Gasteiger partial charge is 0.433 e. The second-order valence-electron chi connectivity index (χ2n) is 3.46. The van der Waals surface area contributed by atoms with Crippen LogP contribution in [0.5, 0.6) is 0 Å². The minimum atomic E-state index is -0.563. The first kappa shape index (κ1) is 11.3. The van der Waals surface area contributed by atoms with E-state index in [0.29, 0.717) is 18.8 Å². The third kappa shape index (κ3) is 2.67. The highest BCUT2D eigenvalue weighted by atomic mass is 16.6. The Labute approximate surface area is 96.4 Å². The summed E-state index contributed by atoms with van der Waals surface area (Å²) in [5.74, 6) is 1.05. The lowest BCUT2D eigenvalue weighted by Crippen LogP contribution is -2.15. The van der Waals surface area contributed by atoms with Gasteiger partial charge in [0.1, 0.15) is 22.8 Å². The van der Waals surface area contributed by atoms with Crippen molar-refractivity contribution >= 4 is 5.88 Å². The van der Waals surface area contributed by atoms with Gasteiger partial charge >= 0.3 is 5.88 Å². The average Bonchev–Trinajstić information content (AvgIpc) is 2.89. The molecule has 2 heterocycles. The predicted molar refractivity (Wildman–Crippen MR) is 56.9 cm³/mol. The normalized spacial score (nSPS) is 10.6. The van der Waals surface area contributed by atoms with Crippen molar-refractivity contribution in [3.05, 3.63) is 40.2 Å². The molecule has 90 valence electrons. The maximum Gasteiger partial charge on any atom is 0.433 e. The van der Waals surface area contributed by atoms with Gasteiger partial charge in [0.15, 0.2) is 0 Å². The Hall–Kier alpha value is -2.22. The Bertz CT molecular complexity index is 518. The van der Waals surface area contributed by atoms with Crippen LogP contribution in [0.4, 0.5) is 5.88 Å². The zero-order valence-corrected chi connectivity index (χ0v) is 9.16. The minimum absolute atomic E-state index is 0.250. The van der Waals surface area contributed by atoms with Crippen LogP contribution in [0.15, 0.2) is 22.9 Å². The van der Waals surface area contributed by atoms with Crippen molar-refractivity contribution in [3.63, 3.8) is 0 Å². The lowest BCUT2D eigenvalue weighted by Gasteiger charge is -2.01. The molecule has 0 aliphatic rings. The van der Waals surface area contributed by atoms with Crippen molar-refractivity contribution in [1.82, 2.24) is 20.1 Å². The first-order valence-corrected chi connectivity index (χ1v) is 4.93. The fourth-order valence-electron chi connectivity index (χ4n) is 1.32. The van der Waals surface area contributed by atoms with Gasteiger partial charge in [-0.3, -0.25) is 10.1 Å². The summed E-state index contributed by atoms with van der Waals surface area (Å²) in [5.41, 5.74) is 0. The Morgan fingerprint density at radius 1 is 1.53 bits per heavy atom. The molecule has 0 saturated carbocycles. The van der Waals surface area contributed by atoms with E-state index in [9.17, 15) is 10.1 Å². The molecule has 0 spiro atoms. The summed E-state index contributed by atoms with van der Waals surface area (Å²) in [7, 11) is 1.84. The van der Waals surface area contributed by atoms with E-state index in [1.165, 1.54) is 6.07 Å². The zero-order chi connectivity index (χ0) is 12.3. The molecule has 8 nitrogen and oxygen atoms in total. The SMILES string of the molecule is Cn1cnnc1CNCc1ccc([N+](=O)[O-])o1. The molecule has 2 aromatic rings. The molecular formula is C9H11N5O3. The lowest BCUT2D eigenvalue weighted by atomic mass is 10.4. The lowest BCUT2D eigenvalue weighted by molar-refractivity contribution is -0.402. The summed E-state index contributed by atoms with van der Waals surface area (Å²) < 4.78 is 6.78. The van der Waals surface area contributed by atoms with Crippen LogP contribution in [-0.2, 0) is 20.1 Å². The highest BCUT2D eigenvalue weighted by molar-refractivity contribution is 5.17. The Balaban J connectivity index is 1.86. The number of nitrogens with zero attached hydrogens (tertiary/aromatic N) is 4.